The molecule has 2 aromatic rings. The van der Waals surface area contributed by atoms with Crippen LogP contribution in [0.2, 0.25) is 0 Å². The molecule has 2 amide bonds. The minimum atomic E-state index is -4.23. The van der Waals surface area contributed by atoms with E-state index in [2.05, 4.69) is 4.72 Å². The molecule has 0 radical (unpaired) electrons. The van der Waals surface area contributed by atoms with Crippen LogP contribution in [0.15, 0.2) is 58.3 Å². The lowest BCUT2D eigenvalue weighted by Crippen LogP contribution is -2.37. The van der Waals surface area contributed by atoms with Gasteiger partial charge in [0.05, 0.1) is 9.83 Å². The van der Waals surface area contributed by atoms with Gasteiger partial charge < -0.3 is 0 Å². The van der Waals surface area contributed by atoms with Crippen molar-refractivity contribution in [1.29, 1.82) is 0 Å². The highest BCUT2D eigenvalue weighted by Crippen LogP contribution is 2.32. The summed E-state index contributed by atoms with van der Waals surface area (Å²) in [6.45, 7) is -0.582. The lowest BCUT2D eigenvalue weighted by molar-refractivity contribution is -0.387. The number of imide groups is 1. The summed E-state index contributed by atoms with van der Waals surface area (Å²) in [6.07, 6.45) is 1.43. The van der Waals surface area contributed by atoms with Crippen LogP contribution in [0.3, 0.4) is 0 Å². The number of nitro benzene ring substituents is 1. The van der Waals surface area contributed by atoms with E-state index in [1.165, 1.54) is 42.5 Å². The third kappa shape index (κ3) is 4.72. The molecule has 0 bridgehead atoms. The first-order valence-corrected chi connectivity index (χ1v) is 10.7. The molecule has 1 saturated heterocycles. The lowest BCUT2D eigenvalue weighted by Gasteiger charge is -2.13. The largest absolute Gasteiger partial charge is 0.293 e. The van der Waals surface area contributed by atoms with Crippen LogP contribution >= 0.6 is 11.8 Å². The van der Waals surface area contributed by atoms with E-state index in [9.17, 15) is 32.5 Å². The second kappa shape index (κ2) is 8.73. The minimum absolute atomic E-state index is 0.119. The number of para-hydroxylation sites is 1. The van der Waals surface area contributed by atoms with Gasteiger partial charge in [-0.1, -0.05) is 24.3 Å². The first kappa shape index (κ1) is 21.6. The molecular formula is C18H14FN3O6S2. The van der Waals surface area contributed by atoms with E-state index < -0.39 is 42.5 Å². The topological polar surface area (TPSA) is 127 Å². The predicted octanol–water partition coefficient (Wildman–Crippen LogP) is 2.75. The number of halogens is 1. The maximum absolute atomic E-state index is 13.0. The first-order chi connectivity index (χ1) is 14.2. The number of thioether (sulfide) groups is 1. The highest BCUT2D eigenvalue weighted by Gasteiger charge is 2.35. The average Bonchev–Trinajstić information content (AvgIpc) is 2.97. The van der Waals surface area contributed by atoms with Gasteiger partial charge in [-0.3, -0.25) is 24.6 Å². The Hall–Kier alpha value is -3.09. The number of sulfonamides is 1. The third-order valence-corrected chi connectivity index (χ3v) is 6.44. The molecule has 1 aliphatic rings. The number of hydrogen-bond acceptors (Lipinski definition) is 7. The molecule has 0 unspecified atom stereocenters. The minimum Gasteiger partial charge on any atom is -0.268 e. The van der Waals surface area contributed by atoms with Crippen molar-refractivity contribution in [1.82, 2.24) is 9.62 Å². The van der Waals surface area contributed by atoms with Gasteiger partial charge in [0.1, 0.15) is 5.82 Å². The van der Waals surface area contributed by atoms with Gasteiger partial charge in [-0.2, -0.15) is 0 Å². The summed E-state index contributed by atoms with van der Waals surface area (Å²) in [5.74, 6) is -1.05. The van der Waals surface area contributed by atoms with E-state index in [1.54, 1.807) is 0 Å². The molecule has 1 heterocycles. The fraction of sp³-hybridized carbons (Fsp3) is 0.111. The smallest absolute Gasteiger partial charge is 0.268 e. The maximum Gasteiger partial charge on any atom is 0.293 e. The highest BCUT2D eigenvalue weighted by atomic mass is 32.2. The average molecular weight is 451 g/mol. The van der Waals surface area contributed by atoms with E-state index in [0.29, 0.717) is 17.3 Å². The van der Waals surface area contributed by atoms with Gasteiger partial charge in [0, 0.05) is 19.2 Å². The Morgan fingerprint density at radius 3 is 2.47 bits per heavy atom. The van der Waals surface area contributed by atoms with Crippen molar-refractivity contribution in [3.8, 4) is 0 Å². The highest BCUT2D eigenvalue weighted by molar-refractivity contribution is 8.18. The lowest BCUT2D eigenvalue weighted by atomic mass is 10.2. The van der Waals surface area contributed by atoms with Crippen LogP contribution in [0, 0.1) is 15.9 Å². The number of carbonyl (C=O) groups is 2. The molecule has 3 rings (SSSR count). The SMILES string of the molecule is O=C1S/C(=C\c2ccc(F)cc2)C(=O)N1CCNS(=O)(=O)c1ccccc1[N+](=O)[O-]. The van der Waals surface area contributed by atoms with Crippen molar-refractivity contribution < 1.29 is 27.3 Å². The number of nitrogens with zero attached hydrogens (tertiary/aromatic N) is 2. The number of benzene rings is 2. The van der Waals surface area contributed by atoms with Gasteiger partial charge in [-0.25, -0.2) is 17.5 Å². The molecule has 2 aromatic carbocycles. The second-order valence-electron chi connectivity index (χ2n) is 6.01. The van der Waals surface area contributed by atoms with Crippen LogP contribution in [0.5, 0.6) is 0 Å². The molecule has 9 nitrogen and oxygen atoms in total. The molecule has 1 N–H and O–H groups in total. The number of nitro groups is 1. The van der Waals surface area contributed by atoms with Crippen LogP contribution in [0.25, 0.3) is 6.08 Å². The molecule has 0 saturated carbocycles. The van der Waals surface area contributed by atoms with Crippen molar-refractivity contribution in [3.63, 3.8) is 0 Å². The summed E-state index contributed by atoms with van der Waals surface area (Å²) < 4.78 is 39.9. The molecule has 156 valence electrons. The van der Waals surface area contributed by atoms with Gasteiger partial charge in [0.25, 0.3) is 16.8 Å². The van der Waals surface area contributed by atoms with Crippen molar-refractivity contribution in [2.75, 3.05) is 13.1 Å². The summed E-state index contributed by atoms with van der Waals surface area (Å²) >= 11 is 0.680. The van der Waals surface area contributed by atoms with E-state index in [4.69, 9.17) is 0 Å². The molecule has 30 heavy (non-hydrogen) atoms. The fourth-order valence-electron chi connectivity index (χ4n) is 2.61. The van der Waals surface area contributed by atoms with Crippen LogP contribution in [-0.4, -0.2) is 42.5 Å². The second-order valence-corrected chi connectivity index (χ2v) is 8.74. The van der Waals surface area contributed by atoms with E-state index in [-0.39, 0.29) is 18.0 Å². The van der Waals surface area contributed by atoms with Gasteiger partial charge in [0.2, 0.25) is 10.0 Å². The standard InChI is InChI=1S/C18H14FN3O6S2/c19-13-7-5-12(6-8-13)11-15-17(23)21(18(24)29-15)10-9-20-30(27,28)16-4-2-1-3-14(16)22(25)26/h1-8,11,20H,9-10H2/b15-11-. The summed E-state index contributed by atoms with van der Waals surface area (Å²) in [5.41, 5.74) is -0.0580. The molecule has 12 heteroatoms. The van der Waals surface area contributed by atoms with Crippen molar-refractivity contribution in [2.24, 2.45) is 0 Å². The zero-order valence-electron chi connectivity index (χ0n) is 15.1. The molecule has 0 aliphatic carbocycles. The molecule has 1 aliphatic heterocycles. The predicted molar refractivity (Wildman–Crippen MR) is 107 cm³/mol. The molecule has 0 aromatic heterocycles. The Labute approximate surface area is 174 Å². The van der Waals surface area contributed by atoms with Crippen LogP contribution in [-0.2, 0) is 14.8 Å². The zero-order valence-corrected chi connectivity index (χ0v) is 16.8. The number of carbonyl (C=O) groups excluding carboxylic acids is 2. The molecule has 0 spiro atoms. The van der Waals surface area contributed by atoms with E-state index in [0.717, 1.165) is 17.0 Å². The summed E-state index contributed by atoms with van der Waals surface area (Å²) in [4.78, 5) is 35.2. The Bertz CT molecular complexity index is 1150. The maximum atomic E-state index is 13.0. The number of amides is 2. The molecular weight excluding hydrogens is 437 g/mol. The van der Waals surface area contributed by atoms with Crippen LogP contribution in [0.4, 0.5) is 14.9 Å². The van der Waals surface area contributed by atoms with E-state index >= 15 is 0 Å². The molecule has 0 atom stereocenters. The first-order valence-electron chi connectivity index (χ1n) is 8.43. The van der Waals surface area contributed by atoms with Gasteiger partial charge in [-0.05, 0) is 41.6 Å². The van der Waals surface area contributed by atoms with Crippen molar-refractivity contribution in [3.05, 3.63) is 74.9 Å². The van der Waals surface area contributed by atoms with Crippen LogP contribution < -0.4 is 4.72 Å². The van der Waals surface area contributed by atoms with E-state index in [1.807, 2.05) is 0 Å². The van der Waals surface area contributed by atoms with Gasteiger partial charge in [0.15, 0.2) is 4.90 Å². The Morgan fingerprint density at radius 1 is 1.13 bits per heavy atom. The number of rotatable bonds is 7. The third-order valence-electron chi connectivity index (χ3n) is 4.02. The normalized spacial score (nSPS) is 15.8. The summed E-state index contributed by atoms with van der Waals surface area (Å²) in [7, 11) is -4.23. The summed E-state index contributed by atoms with van der Waals surface area (Å²) in [5, 5.41) is 10.4. The Kier molecular flexibility index (Phi) is 6.29. The number of nitrogens with one attached hydrogen (secondary N) is 1. The quantitative estimate of drug-likeness (QED) is 0.390. The van der Waals surface area contributed by atoms with Crippen molar-refractivity contribution >= 4 is 44.7 Å². The zero-order chi connectivity index (χ0) is 21.9. The Morgan fingerprint density at radius 2 is 1.80 bits per heavy atom. The van der Waals surface area contributed by atoms with Crippen molar-refractivity contribution in [2.45, 2.75) is 4.90 Å². The van der Waals surface area contributed by atoms with Gasteiger partial charge >= 0.3 is 0 Å². The summed E-state index contributed by atoms with van der Waals surface area (Å²) in [6, 6.07) is 10.2. The van der Waals surface area contributed by atoms with Gasteiger partial charge in [-0.15, -0.1) is 0 Å². The number of hydrogen-bond donors (Lipinski definition) is 1. The Balaban J connectivity index is 1.68. The fourth-order valence-corrected chi connectivity index (χ4v) is 4.66. The van der Waals surface area contributed by atoms with Crippen LogP contribution in [0.1, 0.15) is 5.56 Å². The molecule has 1 fully saturated rings. The monoisotopic (exact) mass is 451 g/mol.